The van der Waals surface area contributed by atoms with E-state index in [1.54, 1.807) is 13.3 Å². The zero-order valence-corrected chi connectivity index (χ0v) is 17.1. The molecule has 0 radical (unpaired) electrons. The molecule has 5 nitrogen and oxygen atoms in total. The van der Waals surface area contributed by atoms with Gasteiger partial charge in [0, 0.05) is 30.9 Å². The van der Waals surface area contributed by atoms with Crippen LogP contribution in [0.2, 0.25) is 0 Å². The van der Waals surface area contributed by atoms with Gasteiger partial charge in [0.05, 0.1) is 13.0 Å². The van der Waals surface area contributed by atoms with Crippen molar-refractivity contribution >= 4 is 5.91 Å². The number of benzene rings is 1. The smallest absolute Gasteiger partial charge is 0.224 e. The minimum atomic E-state index is -0.0768. The van der Waals surface area contributed by atoms with E-state index in [2.05, 4.69) is 27.0 Å². The summed E-state index contributed by atoms with van der Waals surface area (Å²) in [5.41, 5.74) is 1.33. The lowest BCUT2D eigenvalue weighted by atomic mass is 9.53. The second kappa shape index (κ2) is 7.98. The molecule has 0 unspecified atom stereocenters. The van der Waals surface area contributed by atoms with Crippen LogP contribution < -0.4 is 10.1 Å². The van der Waals surface area contributed by atoms with Crippen LogP contribution in [-0.2, 0) is 11.3 Å². The Hall–Kier alpha value is -2.30. The van der Waals surface area contributed by atoms with E-state index in [4.69, 9.17) is 4.74 Å². The van der Waals surface area contributed by atoms with Crippen LogP contribution in [0.3, 0.4) is 0 Å². The first-order valence-electron chi connectivity index (χ1n) is 10.5. The number of aromatic nitrogens is 2. The van der Waals surface area contributed by atoms with E-state index in [0.29, 0.717) is 24.3 Å². The van der Waals surface area contributed by atoms with Gasteiger partial charge in [0.15, 0.2) is 0 Å². The number of hydrogen-bond donors (Lipinski definition) is 1. The second-order valence-corrected chi connectivity index (χ2v) is 8.47. The van der Waals surface area contributed by atoms with E-state index in [1.165, 1.54) is 31.2 Å². The average Bonchev–Trinajstić information content (AvgIpc) is 3.11. The van der Waals surface area contributed by atoms with Crippen molar-refractivity contribution in [1.29, 1.82) is 0 Å². The number of hydrogen-bond acceptors (Lipinski definition) is 3. The van der Waals surface area contributed by atoms with Crippen LogP contribution in [0.15, 0.2) is 36.7 Å². The normalized spacial score (nSPS) is 27.4. The maximum Gasteiger partial charge on any atom is 0.224 e. The second-order valence-electron chi connectivity index (χ2n) is 8.47. The molecule has 0 spiro atoms. The summed E-state index contributed by atoms with van der Waals surface area (Å²) in [6, 6.07) is 8.67. The van der Waals surface area contributed by atoms with E-state index in [0.717, 1.165) is 11.6 Å². The number of fused-ring (bicyclic) bond motifs is 1. The lowest BCUT2D eigenvalue weighted by Crippen LogP contribution is -2.60. The number of imidazole rings is 1. The highest BCUT2D eigenvalue weighted by Gasteiger charge is 2.51. The average molecular weight is 382 g/mol. The Balaban J connectivity index is 1.47. The first-order valence-corrected chi connectivity index (χ1v) is 10.5. The first-order chi connectivity index (χ1) is 13.6. The Bertz CT molecular complexity index is 814. The molecule has 0 bridgehead atoms. The van der Waals surface area contributed by atoms with Gasteiger partial charge in [0.25, 0.3) is 0 Å². The Morgan fingerprint density at radius 3 is 2.61 bits per heavy atom. The number of carbonyl (C=O) groups is 1. The quantitative estimate of drug-likeness (QED) is 0.825. The van der Waals surface area contributed by atoms with Crippen molar-refractivity contribution in [2.75, 3.05) is 7.11 Å². The van der Waals surface area contributed by atoms with Crippen LogP contribution in [0, 0.1) is 24.7 Å². The molecule has 1 heterocycles. The van der Waals surface area contributed by atoms with Gasteiger partial charge in [-0.3, -0.25) is 4.79 Å². The van der Waals surface area contributed by atoms with Crippen molar-refractivity contribution in [2.24, 2.45) is 17.8 Å². The number of amides is 1. The van der Waals surface area contributed by atoms with Gasteiger partial charge in [-0.15, -0.1) is 0 Å². The fourth-order valence-electron chi connectivity index (χ4n) is 5.23. The molecular weight excluding hydrogens is 350 g/mol. The first kappa shape index (κ1) is 19.0. The molecule has 2 aliphatic rings. The molecule has 2 fully saturated rings. The van der Waals surface area contributed by atoms with Crippen molar-refractivity contribution < 1.29 is 9.53 Å². The number of rotatable bonds is 6. The monoisotopic (exact) mass is 381 g/mol. The largest absolute Gasteiger partial charge is 0.497 e. The van der Waals surface area contributed by atoms with Crippen molar-refractivity contribution in [2.45, 2.75) is 58.0 Å². The zero-order valence-electron chi connectivity index (χ0n) is 17.1. The topological polar surface area (TPSA) is 56.1 Å². The van der Waals surface area contributed by atoms with E-state index in [-0.39, 0.29) is 17.9 Å². The highest BCUT2D eigenvalue weighted by Crippen LogP contribution is 2.54. The number of ether oxygens (including phenoxy) is 1. The maximum absolute atomic E-state index is 13.0. The summed E-state index contributed by atoms with van der Waals surface area (Å²) in [7, 11) is 1.70. The summed E-state index contributed by atoms with van der Waals surface area (Å²) in [6.45, 7) is 4.66. The van der Waals surface area contributed by atoms with Gasteiger partial charge < -0.3 is 14.6 Å². The molecule has 0 saturated heterocycles. The van der Waals surface area contributed by atoms with Gasteiger partial charge in [-0.25, -0.2) is 4.98 Å². The summed E-state index contributed by atoms with van der Waals surface area (Å²) in [5, 5.41) is 3.42. The number of nitrogens with zero attached hydrogens (tertiary/aromatic N) is 2. The Kier molecular flexibility index (Phi) is 5.42. The molecule has 5 heteroatoms. The van der Waals surface area contributed by atoms with Crippen molar-refractivity contribution in [3.63, 3.8) is 0 Å². The molecule has 28 heavy (non-hydrogen) atoms. The maximum atomic E-state index is 13.0. The van der Waals surface area contributed by atoms with Crippen LogP contribution in [0.1, 0.15) is 49.9 Å². The number of nitrogens with one attached hydrogen (secondary N) is 1. The third-order valence-corrected chi connectivity index (χ3v) is 6.84. The lowest BCUT2D eigenvalue weighted by Gasteiger charge is -2.55. The van der Waals surface area contributed by atoms with Gasteiger partial charge in [-0.1, -0.05) is 31.9 Å². The minimum Gasteiger partial charge on any atom is -0.497 e. The molecule has 4 rings (SSSR count). The predicted molar refractivity (Wildman–Crippen MR) is 109 cm³/mol. The predicted octanol–water partition coefficient (Wildman–Crippen LogP) is 3.92. The number of aryl methyl sites for hydroxylation is 1. The molecule has 1 amide bonds. The van der Waals surface area contributed by atoms with E-state index >= 15 is 0 Å². The molecule has 150 valence electrons. The van der Waals surface area contributed by atoms with E-state index in [9.17, 15) is 4.79 Å². The number of carbonyl (C=O) groups excluding carboxylic acids is 1. The summed E-state index contributed by atoms with van der Waals surface area (Å²) in [6.07, 6.45) is 8.84. The fourth-order valence-corrected chi connectivity index (χ4v) is 5.23. The van der Waals surface area contributed by atoms with Gasteiger partial charge >= 0.3 is 0 Å². The van der Waals surface area contributed by atoms with Crippen LogP contribution in [0.4, 0.5) is 0 Å². The molecule has 0 aliphatic heterocycles. The van der Waals surface area contributed by atoms with Crippen molar-refractivity contribution in [1.82, 2.24) is 14.9 Å². The van der Waals surface area contributed by atoms with Crippen molar-refractivity contribution in [3.8, 4) is 5.75 Å². The van der Waals surface area contributed by atoms with E-state index < -0.39 is 0 Å². The summed E-state index contributed by atoms with van der Waals surface area (Å²) in [5.74, 6) is 3.64. The highest BCUT2D eigenvalue weighted by molar-refractivity contribution is 5.79. The summed E-state index contributed by atoms with van der Waals surface area (Å²) >= 11 is 0. The van der Waals surface area contributed by atoms with Gasteiger partial charge in [0.2, 0.25) is 5.91 Å². The summed E-state index contributed by atoms with van der Waals surface area (Å²) < 4.78 is 7.36. The van der Waals surface area contributed by atoms with Gasteiger partial charge in [-0.2, -0.15) is 0 Å². The van der Waals surface area contributed by atoms with Gasteiger partial charge in [-0.05, 0) is 49.3 Å². The molecule has 5 atom stereocenters. The minimum absolute atomic E-state index is 0.0768. The fraction of sp³-hybridized carbons (Fsp3) is 0.565. The van der Waals surface area contributed by atoms with Crippen LogP contribution >= 0.6 is 0 Å². The molecule has 2 saturated carbocycles. The highest BCUT2D eigenvalue weighted by atomic mass is 16.5. The SMILES string of the molecule is COc1ccc([C@H]2[C@@H]3CCCC[C@@H]3[C@@H]2NC(=O)[C@@H](C)Cn2ccnc2C)cc1. The third-order valence-electron chi connectivity index (χ3n) is 6.84. The van der Waals surface area contributed by atoms with Crippen LogP contribution in [0.5, 0.6) is 5.75 Å². The molecule has 2 aliphatic carbocycles. The van der Waals surface area contributed by atoms with Crippen LogP contribution in [-0.4, -0.2) is 28.6 Å². The molecule has 1 N–H and O–H groups in total. The lowest BCUT2D eigenvalue weighted by molar-refractivity contribution is -0.128. The van der Waals surface area contributed by atoms with Gasteiger partial charge in [0.1, 0.15) is 11.6 Å². The molecule has 1 aromatic carbocycles. The standard InChI is InChI=1S/C23H31N3O2/c1-15(14-26-13-12-24-16(26)2)23(27)25-22-20-7-5-4-6-19(20)21(22)17-8-10-18(28-3)11-9-17/h8-13,15,19-22H,4-7,14H2,1-3H3,(H,25,27)/t15-,19+,20-,21-,22-/m0/s1. The van der Waals surface area contributed by atoms with Crippen molar-refractivity contribution in [3.05, 3.63) is 48.0 Å². The summed E-state index contributed by atoms with van der Waals surface area (Å²) in [4.78, 5) is 17.2. The Morgan fingerprint density at radius 2 is 1.96 bits per heavy atom. The number of methoxy groups -OCH3 is 1. The Morgan fingerprint density at radius 1 is 1.25 bits per heavy atom. The van der Waals surface area contributed by atoms with Crippen LogP contribution in [0.25, 0.3) is 0 Å². The molecule has 2 aromatic rings. The zero-order chi connectivity index (χ0) is 19.7. The molecule has 1 aromatic heterocycles. The Labute approximate surface area is 167 Å². The third kappa shape index (κ3) is 3.54. The molecular formula is C23H31N3O2. The van der Waals surface area contributed by atoms with E-state index in [1.807, 2.05) is 32.2 Å².